The van der Waals surface area contributed by atoms with E-state index in [-0.39, 0.29) is 12.2 Å². The number of ether oxygens (including phenoxy) is 1. The maximum Gasteiger partial charge on any atom is 0.206 e. The summed E-state index contributed by atoms with van der Waals surface area (Å²) in [5.41, 5.74) is 0.374. The van der Waals surface area contributed by atoms with Gasteiger partial charge in [0.25, 0.3) is 0 Å². The molecule has 22 heavy (non-hydrogen) atoms. The molecular formula is C14H14Cl5NO2. The molecule has 0 amide bonds. The second kappa shape index (κ2) is 7.89. The van der Waals surface area contributed by atoms with Crippen molar-refractivity contribution in [1.82, 2.24) is 4.90 Å². The van der Waals surface area contributed by atoms with Crippen molar-refractivity contribution in [1.29, 1.82) is 0 Å². The Morgan fingerprint density at radius 3 is 2.41 bits per heavy atom. The van der Waals surface area contributed by atoms with Gasteiger partial charge >= 0.3 is 0 Å². The lowest BCUT2D eigenvalue weighted by atomic mass is 10.0. The van der Waals surface area contributed by atoms with Gasteiger partial charge in [-0.1, -0.05) is 58.0 Å². The summed E-state index contributed by atoms with van der Waals surface area (Å²) in [4.78, 5) is 14.5. The highest BCUT2D eigenvalue weighted by Crippen LogP contribution is 2.36. The lowest BCUT2D eigenvalue weighted by Crippen LogP contribution is -2.50. The average Bonchev–Trinajstić information content (AvgIpc) is 2.44. The van der Waals surface area contributed by atoms with E-state index in [1.165, 1.54) is 6.07 Å². The quantitative estimate of drug-likeness (QED) is 0.540. The highest BCUT2D eigenvalue weighted by molar-refractivity contribution is 6.68. The molecule has 0 spiro atoms. The number of hydrogen-bond donors (Lipinski definition) is 0. The molecule has 1 fully saturated rings. The fourth-order valence-corrected chi connectivity index (χ4v) is 3.50. The molecular weight excluding hydrogens is 391 g/mol. The van der Waals surface area contributed by atoms with Gasteiger partial charge in [0.05, 0.1) is 24.3 Å². The molecule has 8 heteroatoms. The largest absolute Gasteiger partial charge is 0.379 e. The highest BCUT2D eigenvalue weighted by Gasteiger charge is 2.39. The van der Waals surface area contributed by atoms with Gasteiger partial charge in [-0.05, 0) is 18.2 Å². The number of carbonyl (C=O) groups excluding carboxylic acids is 1. The molecule has 0 radical (unpaired) electrons. The topological polar surface area (TPSA) is 29.5 Å². The van der Waals surface area contributed by atoms with E-state index < -0.39 is 9.83 Å². The summed E-state index contributed by atoms with van der Waals surface area (Å²) in [5, 5.41) is 0.759. The van der Waals surface area contributed by atoms with E-state index in [1.54, 1.807) is 12.1 Å². The molecule has 0 N–H and O–H groups in total. The lowest BCUT2D eigenvalue weighted by molar-refractivity contribution is 0.0158. The third-order valence-corrected chi connectivity index (χ3v) is 4.78. The number of hydrogen-bond acceptors (Lipinski definition) is 3. The van der Waals surface area contributed by atoms with Crippen LogP contribution in [0.25, 0.3) is 0 Å². The van der Waals surface area contributed by atoms with Crippen LogP contribution in [0, 0.1) is 0 Å². The Kier molecular flexibility index (Phi) is 6.67. The summed E-state index contributed by atoms with van der Waals surface area (Å²) in [6, 6.07) is 4.18. The zero-order valence-electron chi connectivity index (χ0n) is 11.5. The van der Waals surface area contributed by atoms with Gasteiger partial charge in [0, 0.05) is 30.1 Å². The van der Waals surface area contributed by atoms with Crippen LogP contribution in [-0.2, 0) is 4.74 Å². The van der Waals surface area contributed by atoms with E-state index in [2.05, 4.69) is 0 Å². The molecule has 0 bridgehead atoms. The van der Waals surface area contributed by atoms with Crippen molar-refractivity contribution < 1.29 is 9.53 Å². The predicted molar refractivity (Wildman–Crippen MR) is 91.9 cm³/mol. The molecule has 1 unspecified atom stereocenters. The first-order chi connectivity index (χ1) is 10.3. The van der Waals surface area contributed by atoms with Crippen molar-refractivity contribution in [3.63, 3.8) is 0 Å². The number of halogens is 5. The van der Waals surface area contributed by atoms with Gasteiger partial charge in [0.15, 0.2) is 5.78 Å². The van der Waals surface area contributed by atoms with Crippen molar-refractivity contribution in [3.05, 3.63) is 33.8 Å². The van der Waals surface area contributed by atoms with Crippen LogP contribution < -0.4 is 0 Å². The van der Waals surface area contributed by atoms with Crippen molar-refractivity contribution in [3.8, 4) is 0 Å². The second-order valence-corrected chi connectivity index (χ2v) is 8.17. The van der Waals surface area contributed by atoms with E-state index in [9.17, 15) is 4.79 Å². The van der Waals surface area contributed by atoms with Crippen LogP contribution in [-0.4, -0.2) is 46.8 Å². The highest BCUT2D eigenvalue weighted by atomic mass is 35.6. The monoisotopic (exact) mass is 403 g/mol. The molecule has 1 aromatic carbocycles. The van der Waals surface area contributed by atoms with E-state index in [1.807, 2.05) is 4.90 Å². The van der Waals surface area contributed by atoms with Crippen LogP contribution in [0.1, 0.15) is 16.8 Å². The third-order valence-electron chi connectivity index (χ3n) is 3.47. The lowest BCUT2D eigenvalue weighted by Gasteiger charge is -2.37. The molecule has 1 heterocycles. The third kappa shape index (κ3) is 4.88. The Labute approximate surface area is 154 Å². The van der Waals surface area contributed by atoms with E-state index in [0.717, 1.165) is 0 Å². The average molecular weight is 406 g/mol. The van der Waals surface area contributed by atoms with Gasteiger partial charge in [0.2, 0.25) is 3.79 Å². The SMILES string of the molecule is O=C(CC(N1CCOCC1)C(Cl)(Cl)Cl)c1ccc(Cl)cc1Cl. The van der Waals surface area contributed by atoms with E-state index in [0.29, 0.717) is 41.9 Å². The van der Waals surface area contributed by atoms with Crippen LogP contribution in [0.4, 0.5) is 0 Å². The summed E-state index contributed by atoms with van der Waals surface area (Å²) in [7, 11) is 0. The Morgan fingerprint density at radius 1 is 1.23 bits per heavy atom. The first-order valence-electron chi connectivity index (χ1n) is 6.66. The molecule has 0 aliphatic carbocycles. The van der Waals surface area contributed by atoms with Crippen molar-refractivity contribution in [2.75, 3.05) is 26.3 Å². The summed E-state index contributed by atoms with van der Waals surface area (Å²) < 4.78 is 3.72. The Balaban J connectivity index is 2.17. The maximum atomic E-state index is 12.5. The van der Waals surface area contributed by atoms with Gasteiger partial charge in [-0.2, -0.15) is 0 Å². The number of nitrogens with zero attached hydrogens (tertiary/aromatic N) is 1. The van der Waals surface area contributed by atoms with Crippen LogP contribution in [0.15, 0.2) is 18.2 Å². The normalized spacial score (nSPS) is 18.2. The standard InChI is InChI=1S/C14H14Cl5NO2/c15-9-1-2-10(11(16)7-9)12(21)8-13(14(17,18)19)20-3-5-22-6-4-20/h1-2,7,13H,3-6,8H2. The fraction of sp³-hybridized carbons (Fsp3) is 0.500. The van der Waals surface area contributed by atoms with Gasteiger partial charge < -0.3 is 4.74 Å². The molecule has 1 atom stereocenters. The molecule has 1 aliphatic heterocycles. The number of rotatable bonds is 4. The van der Waals surface area contributed by atoms with Crippen molar-refractivity contribution >= 4 is 63.8 Å². The van der Waals surface area contributed by atoms with Crippen molar-refractivity contribution in [2.45, 2.75) is 16.3 Å². The molecule has 2 rings (SSSR count). The number of ketones is 1. The van der Waals surface area contributed by atoms with Crippen LogP contribution in [0.2, 0.25) is 10.0 Å². The van der Waals surface area contributed by atoms with E-state index >= 15 is 0 Å². The Hall–Kier alpha value is 0.260. The summed E-state index contributed by atoms with van der Waals surface area (Å²) in [5.74, 6) is -0.190. The zero-order valence-corrected chi connectivity index (χ0v) is 15.3. The number of benzene rings is 1. The van der Waals surface area contributed by atoms with E-state index in [4.69, 9.17) is 62.7 Å². The number of alkyl halides is 3. The summed E-state index contributed by atoms with van der Waals surface area (Å²) in [6.45, 7) is 2.32. The van der Waals surface area contributed by atoms with Gasteiger partial charge in [-0.25, -0.2) is 0 Å². The summed E-state index contributed by atoms with van der Waals surface area (Å²) in [6.07, 6.45) is 0.0534. The Morgan fingerprint density at radius 2 is 1.86 bits per heavy atom. The van der Waals surface area contributed by atoms with Crippen LogP contribution in [0.3, 0.4) is 0 Å². The van der Waals surface area contributed by atoms with Crippen molar-refractivity contribution in [2.24, 2.45) is 0 Å². The molecule has 1 aromatic rings. The molecule has 1 aliphatic rings. The molecule has 0 aromatic heterocycles. The number of morpholine rings is 1. The second-order valence-electron chi connectivity index (χ2n) is 4.96. The zero-order chi connectivity index (χ0) is 16.3. The predicted octanol–water partition coefficient (Wildman–Crippen LogP) is 4.64. The van der Waals surface area contributed by atoms with Gasteiger partial charge in [-0.15, -0.1) is 0 Å². The first-order valence-corrected chi connectivity index (χ1v) is 8.55. The maximum absolute atomic E-state index is 12.5. The molecule has 122 valence electrons. The van der Waals surface area contributed by atoms with Gasteiger partial charge in [-0.3, -0.25) is 9.69 Å². The molecule has 3 nitrogen and oxygen atoms in total. The first kappa shape index (κ1) is 18.6. The molecule has 1 saturated heterocycles. The number of carbonyl (C=O) groups is 1. The minimum Gasteiger partial charge on any atom is -0.379 e. The minimum atomic E-state index is -1.58. The molecule has 0 saturated carbocycles. The van der Waals surface area contributed by atoms with Crippen LogP contribution in [0.5, 0.6) is 0 Å². The van der Waals surface area contributed by atoms with Crippen LogP contribution >= 0.6 is 58.0 Å². The number of Topliss-reactive ketones (excluding diaryl/α,β-unsaturated/α-hetero) is 1. The minimum absolute atomic E-state index is 0.0534. The smallest absolute Gasteiger partial charge is 0.206 e. The summed E-state index contributed by atoms with van der Waals surface area (Å²) >= 11 is 30.1. The van der Waals surface area contributed by atoms with Gasteiger partial charge in [0.1, 0.15) is 0 Å². The fourth-order valence-electron chi connectivity index (χ4n) is 2.34. The Bertz CT molecular complexity index is 541.